The van der Waals surface area contributed by atoms with Gasteiger partial charge in [-0.15, -0.1) is 11.3 Å². The van der Waals surface area contributed by atoms with Gasteiger partial charge in [0.05, 0.1) is 0 Å². The molecule has 0 saturated heterocycles. The molecule has 0 aliphatic carbocycles. The van der Waals surface area contributed by atoms with Crippen molar-refractivity contribution in [3.05, 3.63) is 45.4 Å². The van der Waals surface area contributed by atoms with Crippen LogP contribution in [0.25, 0.3) is 0 Å². The zero-order valence-corrected chi connectivity index (χ0v) is 13.2. The van der Waals surface area contributed by atoms with E-state index in [1.807, 2.05) is 19.9 Å². The van der Waals surface area contributed by atoms with Gasteiger partial charge in [0, 0.05) is 34.4 Å². The topological polar surface area (TPSA) is 91.1 Å². The van der Waals surface area contributed by atoms with E-state index in [1.54, 1.807) is 29.7 Å². The summed E-state index contributed by atoms with van der Waals surface area (Å²) < 4.78 is 0. The monoisotopic (exact) mass is 319 g/mol. The molecule has 0 spiro atoms. The first-order valence-corrected chi connectivity index (χ1v) is 7.62. The van der Waals surface area contributed by atoms with Gasteiger partial charge in [0.2, 0.25) is 5.91 Å². The van der Waals surface area contributed by atoms with E-state index in [2.05, 4.69) is 15.8 Å². The fourth-order valence-corrected chi connectivity index (χ4v) is 2.94. The van der Waals surface area contributed by atoms with Crippen molar-refractivity contribution in [1.82, 2.24) is 15.8 Å². The van der Waals surface area contributed by atoms with Gasteiger partial charge in [-0.25, -0.2) is 0 Å². The normalized spacial score (nSPS) is 10.3. The number of carbonyl (C=O) groups excluding carboxylic acids is 3. The molecule has 0 atom stereocenters. The van der Waals surface area contributed by atoms with Gasteiger partial charge in [0.1, 0.15) is 5.69 Å². The smallest absolute Gasteiger partial charge is 0.286 e. The van der Waals surface area contributed by atoms with E-state index >= 15 is 0 Å². The van der Waals surface area contributed by atoms with E-state index in [9.17, 15) is 14.4 Å². The summed E-state index contributed by atoms with van der Waals surface area (Å²) in [6.45, 7) is 3.83. The molecule has 0 bridgehead atoms. The standard InChI is InChI=1S/C15H17N3O3S/c1-9-8-11(10(2)22-9)13(19)5-6-14(20)17-18-15(21)12-4-3-7-16-12/h3-4,7-8,16H,5-6H2,1-2H3,(H,17,20)(H,18,21). The maximum atomic E-state index is 12.0. The summed E-state index contributed by atoms with van der Waals surface area (Å²) in [6, 6.07) is 5.11. The number of hydrogen-bond donors (Lipinski definition) is 3. The third kappa shape index (κ3) is 4.05. The lowest BCUT2D eigenvalue weighted by Gasteiger charge is -2.06. The van der Waals surface area contributed by atoms with Gasteiger partial charge >= 0.3 is 0 Å². The van der Waals surface area contributed by atoms with Crippen molar-refractivity contribution < 1.29 is 14.4 Å². The molecule has 0 aromatic carbocycles. The Bertz CT molecular complexity index is 689. The van der Waals surface area contributed by atoms with Gasteiger partial charge in [-0.1, -0.05) is 0 Å². The van der Waals surface area contributed by atoms with Crippen LogP contribution in [0.2, 0.25) is 0 Å². The molecule has 6 nitrogen and oxygen atoms in total. The molecule has 0 fully saturated rings. The van der Waals surface area contributed by atoms with Crippen LogP contribution in [0.4, 0.5) is 0 Å². The number of rotatable bonds is 5. The molecule has 0 unspecified atom stereocenters. The first-order chi connectivity index (χ1) is 10.5. The third-order valence-corrected chi connectivity index (χ3v) is 4.04. The number of thiophene rings is 1. The van der Waals surface area contributed by atoms with Crippen LogP contribution in [0.1, 0.15) is 43.4 Å². The molecule has 2 amide bonds. The maximum Gasteiger partial charge on any atom is 0.286 e. The van der Waals surface area contributed by atoms with Crippen LogP contribution < -0.4 is 10.9 Å². The fourth-order valence-electron chi connectivity index (χ4n) is 2.00. The summed E-state index contributed by atoms with van der Waals surface area (Å²) >= 11 is 1.56. The number of aromatic amines is 1. The van der Waals surface area contributed by atoms with E-state index in [1.165, 1.54) is 0 Å². The molecular formula is C15H17N3O3S. The summed E-state index contributed by atoms with van der Waals surface area (Å²) in [5.41, 5.74) is 5.59. The predicted octanol–water partition coefficient (Wildman–Crippen LogP) is 2.12. The zero-order chi connectivity index (χ0) is 16.1. The van der Waals surface area contributed by atoms with Gasteiger partial charge in [-0.2, -0.15) is 0 Å². The van der Waals surface area contributed by atoms with Gasteiger partial charge < -0.3 is 4.98 Å². The number of aromatic nitrogens is 1. The summed E-state index contributed by atoms with van der Waals surface area (Å²) in [6.07, 6.45) is 1.75. The second-order valence-corrected chi connectivity index (χ2v) is 6.30. The molecule has 2 heterocycles. The minimum Gasteiger partial charge on any atom is -0.357 e. The van der Waals surface area contributed by atoms with E-state index in [-0.39, 0.29) is 18.6 Å². The molecule has 22 heavy (non-hydrogen) atoms. The Labute approximate surface area is 131 Å². The molecule has 0 saturated carbocycles. The van der Waals surface area contributed by atoms with Crippen LogP contribution in [0.3, 0.4) is 0 Å². The van der Waals surface area contributed by atoms with E-state index < -0.39 is 11.8 Å². The van der Waals surface area contributed by atoms with Gasteiger partial charge in [-0.05, 0) is 32.0 Å². The molecule has 2 aromatic heterocycles. The van der Waals surface area contributed by atoms with E-state index in [4.69, 9.17) is 0 Å². The second-order valence-electron chi connectivity index (χ2n) is 4.84. The number of ketones is 1. The third-order valence-electron chi connectivity index (χ3n) is 3.08. The van der Waals surface area contributed by atoms with Crippen LogP contribution >= 0.6 is 11.3 Å². The van der Waals surface area contributed by atoms with Crippen molar-refractivity contribution in [3.8, 4) is 0 Å². The number of amides is 2. The lowest BCUT2D eigenvalue weighted by atomic mass is 10.1. The molecule has 0 radical (unpaired) electrons. The summed E-state index contributed by atoms with van der Waals surface area (Å²) in [5, 5.41) is 0. The van der Waals surface area contributed by atoms with Crippen LogP contribution in [-0.4, -0.2) is 22.6 Å². The summed E-state index contributed by atoms with van der Waals surface area (Å²) in [5.74, 6) is -0.903. The van der Waals surface area contributed by atoms with Gasteiger partial charge in [0.15, 0.2) is 5.78 Å². The highest BCUT2D eigenvalue weighted by molar-refractivity contribution is 7.12. The average molecular weight is 319 g/mol. The van der Waals surface area contributed by atoms with Crippen LogP contribution in [0.5, 0.6) is 0 Å². The Balaban J connectivity index is 1.77. The van der Waals surface area contributed by atoms with Crippen molar-refractivity contribution >= 4 is 28.9 Å². The number of Topliss-reactive ketones (excluding diaryl/α,β-unsaturated/α-hetero) is 1. The summed E-state index contributed by atoms with van der Waals surface area (Å²) in [7, 11) is 0. The minimum atomic E-state index is -0.436. The molecule has 7 heteroatoms. The first-order valence-electron chi connectivity index (χ1n) is 6.80. The van der Waals surface area contributed by atoms with Crippen molar-refractivity contribution in [2.75, 3.05) is 0 Å². The molecule has 0 aliphatic rings. The molecular weight excluding hydrogens is 302 g/mol. The van der Waals surface area contributed by atoms with Gasteiger partial charge in [0.25, 0.3) is 5.91 Å². The highest BCUT2D eigenvalue weighted by Gasteiger charge is 2.14. The van der Waals surface area contributed by atoms with Crippen LogP contribution in [0.15, 0.2) is 24.4 Å². The highest BCUT2D eigenvalue weighted by Crippen LogP contribution is 2.22. The number of carbonyl (C=O) groups is 3. The number of aryl methyl sites for hydroxylation is 2. The molecule has 0 aliphatic heterocycles. The minimum absolute atomic E-state index is 0.0260. The highest BCUT2D eigenvalue weighted by atomic mass is 32.1. The Hall–Kier alpha value is -2.41. The Morgan fingerprint density at radius 1 is 1.18 bits per heavy atom. The lowest BCUT2D eigenvalue weighted by molar-refractivity contribution is -0.121. The molecule has 2 rings (SSSR count). The predicted molar refractivity (Wildman–Crippen MR) is 83.8 cm³/mol. The van der Waals surface area contributed by atoms with E-state index in [0.29, 0.717) is 11.3 Å². The molecule has 3 N–H and O–H groups in total. The number of H-pyrrole nitrogens is 1. The first kappa shape index (κ1) is 16.0. The van der Waals surface area contributed by atoms with Crippen molar-refractivity contribution in [1.29, 1.82) is 0 Å². The maximum absolute atomic E-state index is 12.0. The number of hydrazine groups is 1. The van der Waals surface area contributed by atoms with Gasteiger partial charge in [-0.3, -0.25) is 25.2 Å². The second kappa shape index (κ2) is 7.04. The number of hydrogen-bond acceptors (Lipinski definition) is 4. The molecule has 116 valence electrons. The fraction of sp³-hybridized carbons (Fsp3) is 0.267. The quantitative estimate of drug-likeness (QED) is 0.582. The summed E-state index contributed by atoms with van der Waals surface area (Å²) in [4.78, 5) is 40.1. The average Bonchev–Trinajstić information content (AvgIpc) is 3.11. The van der Waals surface area contributed by atoms with Crippen molar-refractivity contribution in [3.63, 3.8) is 0 Å². The lowest BCUT2D eigenvalue weighted by Crippen LogP contribution is -2.41. The van der Waals surface area contributed by atoms with E-state index in [0.717, 1.165) is 9.75 Å². The largest absolute Gasteiger partial charge is 0.357 e. The van der Waals surface area contributed by atoms with Crippen LogP contribution in [-0.2, 0) is 4.79 Å². The SMILES string of the molecule is Cc1cc(C(=O)CCC(=O)NNC(=O)c2ccc[nH]2)c(C)s1. The van der Waals surface area contributed by atoms with Crippen molar-refractivity contribution in [2.45, 2.75) is 26.7 Å². The number of nitrogens with one attached hydrogen (secondary N) is 3. The van der Waals surface area contributed by atoms with Crippen molar-refractivity contribution in [2.24, 2.45) is 0 Å². The van der Waals surface area contributed by atoms with Crippen LogP contribution in [0, 0.1) is 13.8 Å². The Morgan fingerprint density at radius 3 is 2.55 bits per heavy atom. The molecule has 2 aromatic rings. The Morgan fingerprint density at radius 2 is 1.95 bits per heavy atom. The Kier molecular flexibility index (Phi) is 5.11. The zero-order valence-electron chi connectivity index (χ0n) is 12.4.